The van der Waals surface area contributed by atoms with Gasteiger partial charge >= 0.3 is 0 Å². The van der Waals surface area contributed by atoms with Crippen molar-refractivity contribution in [3.63, 3.8) is 0 Å². The molecule has 0 aliphatic rings. The highest BCUT2D eigenvalue weighted by molar-refractivity contribution is 5.19. The summed E-state index contributed by atoms with van der Waals surface area (Å²) in [5.74, 6) is 0. The summed E-state index contributed by atoms with van der Waals surface area (Å²) in [5.41, 5.74) is 2.43. The van der Waals surface area contributed by atoms with Crippen molar-refractivity contribution in [2.45, 2.75) is 40.2 Å². The summed E-state index contributed by atoms with van der Waals surface area (Å²) in [5, 5.41) is 7.97. The van der Waals surface area contributed by atoms with Crippen molar-refractivity contribution in [2.24, 2.45) is 7.05 Å². The smallest absolute Gasteiger partial charge is 0.0641 e. The van der Waals surface area contributed by atoms with Crippen LogP contribution in [0.1, 0.15) is 44.5 Å². The Morgan fingerprint density at radius 3 is 2.61 bits per heavy atom. The Labute approximate surface area is 111 Å². The van der Waals surface area contributed by atoms with Gasteiger partial charge in [-0.3, -0.25) is 4.68 Å². The molecule has 4 nitrogen and oxygen atoms in total. The third kappa shape index (κ3) is 4.42. The van der Waals surface area contributed by atoms with Crippen LogP contribution >= 0.6 is 0 Å². The monoisotopic (exact) mass is 252 g/mol. The number of rotatable bonds is 8. The molecule has 0 aromatic carbocycles. The van der Waals surface area contributed by atoms with Gasteiger partial charge in [0.1, 0.15) is 0 Å². The molecule has 0 radical (unpaired) electrons. The predicted octanol–water partition coefficient (Wildman–Crippen LogP) is 2.11. The molecule has 0 saturated heterocycles. The van der Waals surface area contributed by atoms with E-state index in [0.717, 1.165) is 25.3 Å². The average molecular weight is 252 g/mol. The molecule has 0 bridgehead atoms. The van der Waals surface area contributed by atoms with Crippen LogP contribution in [0.3, 0.4) is 0 Å². The van der Waals surface area contributed by atoms with Crippen molar-refractivity contribution in [1.82, 2.24) is 20.0 Å². The fraction of sp³-hybridized carbons (Fsp3) is 0.786. The lowest BCUT2D eigenvalue weighted by atomic mass is 10.1. The summed E-state index contributed by atoms with van der Waals surface area (Å²) < 4.78 is 1.89. The number of aromatic nitrogens is 2. The van der Waals surface area contributed by atoms with Crippen molar-refractivity contribution >= 4 is 0 Å². The Hall–Kier alpha value is -0.870. The molecular formula is C14H28N4. The number of aryl methyl sites for hydroxylation is 2. The zero-order valence-corrected chi connectivity index (χ0v) is 12.5. The molecule has 1 atom stereocenters. The fourth-order valence-corrected chi connectivity index (χ4v) is 2.34. The average Bonchev–Trinajstić information content (AvgIpc) is 2.67. The van der Waals surface area contributed by atoms with Crippen LogP contribution in [-0.2, 0) is 7.05 Å². The Bertz CT molecular complexity index is 346. The second kappa shape index (κ2) is 7.54. The number of nitrogens with one attached hydrogen (secondary N) is 1. The van der Waals surface area contributed by atoms with E-state index in [4.69, 9.17) is 0 Å². The highest BCUT2D eigenvalue weighted by Crippen LogP contribution is 2.14. The summed E-state index contributed by atoms with van der Waals surface area (Å²) in [4.78, 5) is 2.48. The van der Waals surface area contributed by atoms with Gasteiger partial charge in [0.25, 0.3) is 0 Å². The van der Waals surface area contributed by atoms with Gasteiger partial charge in [-0.25, -0.2) is 0 Å². The molecule has 1 rings (SSSR count). The largest absolute Gasteiger partial charge is 0.309 e. The molecule has 1 aromatic rings. The van der Waals surface area contributed by atoms with E-state index in [1.54, 1.807) is 0 Å². The van der Waals surface area contributed by atoms with Gasteiger partial charge in [0.05, 0.1) is 5.69 Å². The summed E-state index contributed by atoms with van der Waals surface area (Å²) >= 11 is 0. The summed E-state index contributed by atoms with van der Waals surface area (Å²) in [6, 6.07) is 0.374. The van der Waals surface area contributed by atoms with Gasteiger partial charge in [-0.1, -0.05) is 13.8 Å². The number of hydrogen-bond acceptors (Lipinski definition) is 3. The molecule has 0 spiro atoms. The van der Waals surface area contributed by atoms with E-state index in [1.165, 1.54) is 18.5 Å². The molecule has 1 N–H and O–H groups in total. The topological polar surface area (TPSA) is 33.1 Å². The fourth-order valence-electron chi connectivity index (χ4n) is 2.34. The summed E-state index contributed by atoms with van der Waals surface area (Å²) in [7, 11) is 1.98. The Morgan fingerprint density at radius 2 is 2.11 bits per heavy atom. The van der Waals surface area contributed by atoms with E-state index in [0.29, 0.717) is 6.04 Å². The molecule has 4 heteroatoms. The lowest BCUT2D eigenvalue weighted by Crippen LogP contribution is -2.33. The standard InChI is InChI=1S/C14H28N4/c1-6-9-18(7-2)10-8-15-12(3)14-11-17(5)16-13(14)4/h11-12,15H,6-10H2,1-5H3. The van der Waals surface area contributed by atoms with E-state index in [2.05, 4.69) is 49.2 Å². The normalized spacial score (nSPS) is 13.2. The van der Waals surface area contributed by atoms with E-state index in [9.17, 15) is 0 Å². The van der Waals surface area contributed by atoms with Crippen LogP contribution in [0.2, 0.25) is 0 Å². The SMILES string of the molecule is CCCN(CC)CCNC(C)c1cn(C)nc1C. The molecule has 1 unspecified atom stereocenters. The highest BCUT2D eigenvalue weighted by Gasteiger charge is 2.11. The number of nitrogens with zero attached hydrogens (tertiary/aromatic N) is 3. The quantitative estimate of drug-likeness (QED) is 0.769. The van der Waals surface area contributed by atoms with Crippen LogP contribution in [0.15, 0.2) is 6.20 Å². The molecule has 18 heavy (non-hydrogen) atoms. The molecule has 1 aromatic heterocycles. The molecular weight excluding hydrogens is 224 g/mol. The van der Waals surface area contributed by atoms with E-state index < -0.39 is 0 Å². The van der Waals surface area contributed by atoms with Gasteiger partial charge in [-0.05, 0) is 33.4 Å². The van der Waals surface area contributed by atoms with E-state index >= 15 is 0 Å². The molecule has 0 aliphatic carbocycles. The predicted molar refractivity (Wildman–Crippen MR) is 76.8 cm³/mol. The molecule has 0 aliphatic heterocycles. The van der Waals surface area contributed by atoms with Crippen LogP contribution in [0.25, 0.3) is 0 Å². The van der Waals surface area contributed by atoms with Crippen molar-refractivity contribution < 1.29 is 0 Å². The van der Waals surface area contributed by atoms with Crippen molar-refractivity contribution in [3.8, 4) is 0 Å². The Morgan fingerprint density at radius 1 is 1.39 bits per heavy atom. The van der Waals surface area contributed by atoms with Crippen LogP contribution in [0.4, 0.5) is 0 Å². The first-order chi connectivity index (χ1) is 8.58. The second-order valence-electron chi connectivity index (χ2n) is 4.95. The van der Waals surface area contributed by atoms with E-state index in [-0.39, 0.29) is 0 Å². The zero-order valence-electron chi connectivity index (χ0n) is 12.5. The Balaban J connectivity index is 2.37. The minimum Gasteiger partial charge on any atom is -0.309 e. The molecule has 0 saturated carbocycles. The minimum atomic E-state index is 0.374. The molecule has 104 valence electrons. The first-order valence-corrected chi connectivity index (χ1v) is 7.04. The third-order valence-corrected chi connectivity index (χ3v) is 3.38. The van der Waals surface area contributed by atoms with Gasteiger partial charge in [0.2, 0.25) is 0 Å². The number of hydrogen-bond donors (Lipinski definition) is 1. The molecule has 1 heterocycles. The maximum atomic E-state index is 4.39. The third-order valence-electron chi connectivity index (χ3n) is 3.38. The minimum absolute atomic E-state index is 0.374. The first-order valence-electron chi connectivity index (χ1n) is 7.04. The van der Waals surface area contributed by atoms with Gasteiger partial charge < -0.3 is 10.2 Å². The van der Waals surface area contributed by atoms with Crippen LogP contribution < -0.4 is 5.32 Å². The van der Waals surface area contributed by atoms with Gasteiger partial charge in [-0.2, -0.15) is 5.10 Å². The highest BCUT2D eigenvalue weighted by atomic mass is 15.3. The van der Waals surface area contributed by atoms with Crippen molar-refractivity contribution in [2.75, 3.05) is 26.2 Å². The maximum Gasteiger partial charge on any atom is 0.0641 e. The molecule has 0 amide bonds. The van der Waals surface area contributed by atoms with Crippen molar-refractivity contribution in [3.05, 3.63) is 17.5 Å². The van der Waals surface area contributed by atoms with Gasteiger partial charge in [-0.15, -0.1) is 0 Å². The van der Waals surface area contributed by atoms with Crippen LogP contribution in [0, 0.1) is 6.92 Å². The maximum absolute atomic E-state index is 4.39. The lowest BCUT2D eigenvalue weighted by molar-refractivity contribution is 0.284. The lowest BCUT2D eigenvalue weighted by Gasteiger charge is -2.21. The van der Waals surface area contributed by atoms with Gasteiger partial charge in [0.15, 0.2) is 0 Å². The zero-order chi connectivity index (χ0) is 13.5. The van der Waals surface area contributed by atoms with Crippen LogP contribution in [-0.4, -0.2) is 40.9 Å². The summed E-state index contributed by atoms with van der Waals surface area (Å²) in [6.07, 6.45) is 3.34. The van der Waals surface area contributed by atoms with E-state index in [1.807, 2.05) is 11.7 Å². The van der Waals surface area contributed by atoms with Gasteiger partial charge in [0, 0.05) is 37.9 Å². The van der Waals surface area contributed by atoms with Crippen molar-refractivity contribution in [1.29, 1.82) is 0 Å². The number of likely N-dealkylation sites (N-methyl/N-ethyl adjacent to an activating group) is 1. The first kappa shape index (κ1) is 15.2. The van der Waals surface area contributed by atoms with Crippen LogP contribution in [0.5, 0.6) is 0 Å². The Kier molecular flexibility index (Phi) is 6.36. The second-order valence-corrected chi connectivity index (χ2v) is 4.95. The summed E-state index contributed by atoms with van der Waals surface area (Å²) in [6.45, 7) is 13.2. The molecule has 0 fully saturated rings.